The van der Waals surface area contributed by atoms with Crippen LogP contribution in [0.2, 0.25) is 0 Å². The smallest absolute Gasteiger partial charge is 0.165 e. The minimum atomic E-state index is 0. The molecule has 0 fully saturated rings. The Morgan fingerprint density at radius 1 is 0.591 bits per heavy atom. The van der Waals surface area contributed by atoms with E-state index in [4.69, 9.17) is 0 Å². The number of benzene rings is 2. The maximum absolute atomic E-state index is 2.32. The summed E-state index contributed by atoms with van der Waals surface area (Å²) in [7, 11) is 0. The molecule has 4 aromatic carbocycles. The first-order valence-corrected chi connectivity index (χ1v) is 7.17. The molecule has 0 saturated heterocycles. The molecular weight excluding hydrogens is 286 g/mol. The van der Waals surface area contributed by atoms with Crippen molar-refractivity contribution in [2.75, 3.05) is 0 Å². The van der Waals surface area contributed by atoms with Crippen molar-refractivity contribution >= 4 is 21.5 Å². The van der Waals surface area contributed by atoms with Crippen molar-refractivity contribution in [2.45, 2.75) is 12.8 Å². The Morgan fingerprint density at radius 2 is 1.00 bits per heavy atom. The van der Waals surface area contributed by atoms with E-state index in [1.54, 1.807) is 0 Å². The molecule has 0 aliphatic carbocycles. The molecule has 4 aromatic rings. The van der Waals surface area contributed by atoms with Crippen LogP contribution in [0.1, 0.15) is 11.1 Å². The summed E-state index contributed by atoms with van der Waals surface area (Å²) in [5.74, 6) is 0. The van der Waals surface area contributed by atoms with Gasteiger partial charge in [0, 0.05) is 0 Å². The van der Waals surface area contributed by atoms with Gasteiger partial charge in [0.25, 0.3) is 0 Å². The molecule has 0 amide bonds. The average molecular weight is 302 g/mol. The molecule has 0 aromatic heterocycles. The zero-order chi connectivity index (χ0) is 13.4. The van der Waals surface area contributed by atoms with Crippen LogP contribution >= 0.6 is 0 Å². The van der Waals surface area contributed by atoms with Gasteiger partial charge in [0.2, 0.25) is 0 Å². The van der Waals surface area contributed by atoms with Crippen LogP contribution in [0.5, 0.6) is 0 Å². The van der Waals surface area contributed by atoms with Gasteiger partial charge in [0.05, 0.1) is 0 Å². The van der Waals surface area contributed by atoms with Gasteiger partial charge >= 0.3 is 59.1 Å². The van der Waals surface area contributed by atoms with Gasteiger partial charge in [-0.25, -0.2) is 0 Å². The monoisotopic (exact) mass is 302 g/mol. The molecule has 22 heavy (non-hydrogen) atoms. The average Bonchev–Trinajstić information content (AvgIpc) is 3.07. The summed E-state index contributed by atoms with van der Waals surface area (Å²) in [6.45, 7) is 0. The van der Waals surface area contributed by atoms with Crippen LogP contribution in [0.25, 0.3) is 21.5 Å². The second-order valence-electron chi connectivity index (χ2n) is 5.49. The van der Waals surface area contributed by atoms with Crippen LogP contribution in [-0.2, 0) is 12.8 Å². The standard InChI is InChI=1S/C20H16.2Na/c1-2-6-18-12-15(11-17(18)5-1)9-10-16-13-19-7-3-4-8-20(19)14-16;;/h1-8,11-14H,9-10H2;;/q-2;2*+1. The van der Waals surface area contributed by atoms with E-state index in [0.717, 1.165) is 12.8 Å². The van der Waals surface area contributed by atoms with Gasteiger partial charge in [-0.05, 0) is 12.8 Å². The van der Waals surface area contributed by atoms with Crippen molar-refractivity contribution in [2.24, 2.45) is 0 Å². The Morgan fingerprint density at radius 3 is 1.41 bits per heavy atom. The van der Waals surface area contributed by atoms with Crippen molar-refractivity contribution in [1.82, 2.24) is 0 Å². The fraction of sp³-hybridized carbons (Fsp3) is 0.100. The second-order valence-corrected chi connectivity index (χ2v) is 5.49. The molecule has 0 saturated carbocycles. The molecule has 0 bridgehead atoms. The van der Waals surface area contributed by atoms with Gasteiger partial charge in [0.15, 0.2) is 0 Å². The third kappa shape index (κ3) is 3.76. The van der Waals surface area contributed by atoms with Gasteiger partial charge in [-0.2, -0.15) is 12.1 Å². The zero-order valence-electron chi connectivity index (χ0n) is 13.3. The third-order valence-electron chi connectivity index (χ3n) is 4.06. The summed E-state index contributed by atoms with van der Waals surface area (Å²) >= 11 is 0. The van der Waals surface area contributed by atoms with E-state index < -0.39 is 0 Å². The van der Waals surface area contributed by atoms with Gasteiger partial charge in [-0.3, -0.25) is 0 Å². The van der Waals surface area contributed by atoms with Crippen molar-refractivity contribution in [3.63, 3.8) is 0 Å². The van der Waals surface area contributed by atoms with E-state index >= 15 is 0 Å². The molecule has 0 aliphatic heterocycles. The predicted octanol–water partition coefficient (Wildman–Crippen LogP) is -0.776. The van der Waals surface area contributed by atoms with Crippen LogP contribution in [-0.4, -0.2) is 0 Å². The molecular formula is C20H16Na2. The molecule has 0 N–H and O–H groups in total. The molecule has 0 atom stereocenters. The van der Waals surface area contributed by atoms with E-state index in [9.17, 15) is 0 Å². The predicted molar refractivity (Wildman–Crippen MR) is 86.5 cm³/mol. The quantitative estimate of drug-likeness (QED) is 0.344. The maximum atomic E-state index is 2.32. The fourth-order valence-electron chi connectivity index (χ4n) is 3.01. The number of hydrogen-bond donors (Lipinski definition) is 0. The van der Waals surface area contributed by atoms with E-state index in [0.29, 0.717) is 0 Å². The normalized spacial score (nSPS) is 10.4. The summed E-state index contributed by atoms with van der Waals surface area (Å²) in [6, 6.07) is 26.5. The minimum Gasteiger partial charge on any atom is -0.165 e. The Kier molecular flexibility index (Phi) is 6.52. The molecule has 2 heteroatoms. The van der Waals surface area contributed by atoms with Gasteiger partial charge in [-0.15, -0.1) is 81.2 Å². The molecule has 0 aliphatic rings. The van der Waals surface area contributed by atoms with Crippen LogP contribution in [0.15, 0.2) is 72.8 Å². The Hall–Kier alpha value is -0.340. The van der Waals surface area contributed by atoms with Crippen LogP contribution < -0.4 is 59.1 Å². The summed E-state index contributed by atoms with van der Waals surface area (Å²) < 4.78 is 0. The topological polar surface area (TPSA) is 0 Å². The van der Waals surface area contributed by atoms with Crippen molar-refractivity contribution in [3.05, 3.63) is 83.9 Å². The number of hydrogen-bond acceptors (Lipinski definition) is 0. The first-order chi connectivity index (χ1) is 9.88. The molecule has 0 nitrogen and oxygen atoms in total. The Labute approximate surface area is 175 Å². The molecule has 98 valence electrons. The summed E-state index contributed by atoms with van der Waals surface area (Å²) in [4.78, 5) is 0. The number of aryl methyl sites for hydroxylation is 2. The van der Waals surface area contributed by atoms with Crippen molar-refractivity contribution < 1.29 is 59.1 Å². The number of rotatable bonds is 3. The van der Waals surface area contributed by atoms with E-state index in [2.05, 4.69) is 72.8 Å². The zero-order valence-corrected chi connectivity index (χ0v) is 17.3. The second kappa shape index (κ2) is 7.97. The van der Waals surface area contributed by atoms with Gasteiger partial charge < -0.3 is 0 Å². The Balaban J connectivity index is 0.000000882. The van der Waals surface area contributed by atoms with Gasteiger partial charge in [0.1, 0.15) is 0 Å². The SMILES string of the molecule is [Na+].[Na+].c1ccc2[cH-]c(CCc3cc4ccccc4[cH-]3)cc2c1. The van der Waals surface area contributed by atoms with Crippen LogP contribution in [0.3, 0.4) is 0 Å². The molecule has 0 radical (unpaired) electrons. The molecule has 0 heterocycles. The Bertz CT molecular complexity index is 727. The summed E-state index contributed by atoms with van der Waals surface area (Å²) in [5, 5.41) is 5.43. The van der Waals surface area contributed by atoms with Crippen molar-refractivity contribution in [1.29, 1.82) is 0 Å². The van der Waals surface area contributed by atoms with Crippen LogP contribution in [0.4, 0.5) is 0 Å². The minimum absolute atomic E-state index is 0. The van der Waals surface area contributed by atoms with Crippen molar-refractivity contribution in [3.8, 4) is 0 Å². The molecule has 0 unspecified atom stereocenters. The first-order valence-electron chi connectivity index (χ1n) is 7.17. The van der Waals surface area contributed by atoms with Gasteiger partial charge in [-0.1, -0.05) is 12.1 Å². The molecule has 0 spiro atoms. The third-order valence-corrected chi connectivity index (χ3v) is 4.06. The summed E-state index contributed by atoms with van der Waals surface area (Å²) in [5.41, 5.74) is 2.88. The van der Waals surface area contributed by atoms with Crippen LogP contribution in [0, 0.1) is 0 Å². The first kappa shape index (κ1) is 18.0. The van der Waals surface area contributed by atoms with E-state index in [-0.39, 0.29) is 59.1 Å². The van der Waals surface area contributed by atoms with E-state index in [1.807, 2.05) is 0 Å². The maximum Gasteiger partial charge on any atom is 1.00 e. The van der Waals surface area contributed by atoms with E-state index in [1.165, 1.54) is 32.7 Å². The largest absolute Gasteiger partial charge is 1.00 e. The fourth-order valence-corrected chi connectivity index (χ4v) is 3.01. The molecule has 4 rings (SSSR count). The summed E-state index contributed by atoms with van der Waals surface area (Å²) in [6.07, 6.45) is 2.23. The number of fused-ring (bicyclic) bond motifs is 2.